The Morgan fingerprint density at radius 1 is 1.20 bits per heavy atom. The highest BCUT2D eigenvalue weighted by Gasteiger charge is 2.29. The van der Waals surface area contributed by atoms with Gasteiger partial charge in [0.05, 0.1) is 12.0 Å². The Bertz CT molecular complexity index is 197. The van der Waals surface area contributed by atoms with Gasteiger partial charge < -0.3 is 10.0 Å². The van der Waals surface area contributed by atoms with Gasteiger partial charge >= 0.3 is 0 Å². The third-order valence-corrected chi connectivity index (χ3v) is 3.02. The molecule has 1 rings (SSSR count). The molecule has 0 spiro atoms. The minimum atomic E-state index is 0.656. The van der Waals surface area contributed by atoms with Crippen molar-refractivity contribution >= 4 is 0 Å². The lowest BCUT2D eigenvalue weighted by Crippen LogP contribution is -2.26. The van der Waals surface area contributed by atoms with Crippen LogP contribution in [0.25, 0.3) is 0 Å². The Balaban J connectivity index is 2.39. The topological polar surface area (TPSA) is 23.5 Å². The van der Waals surface area contributed by atoms with E-state index < -0.39 is 0 Å². The maximum Gasteiger partial charge on any atom is 0.0985 e. The summed E-state index contributed by atoms with van der Waals surface area (Å²) in [6, 6.07) is 0. The van der Waals surface area contributed by atoms with Gasteiger partial charge in [-0.05, 0) is 25.7 Å². The number of aliphatic hydroxyl groups is 1. The van der Waals surface area contributed by atoms with Crippen molar-refractivity contribution < 1.29 is 5.11 Å². The quantitative estimate of drug-likeness (QED) is 0.489. The van der Waals surface area contributed by atoms with Crippen molar-refractivity contribution in [3.05, 3.63) is 12.0 Å². The molecule has 1 saturated carbocycles. The fourth-order valence-electron chi connectivity index (χ4n) is 2.02. The van der Waals surface area contributed by atoms with Gasteiger partial charge in [0.25, 0.3) is 0 Å². The first-order valence-corrected chi connectivity index (χ1v) is 6.42. The number of hydrogen-bond acceptors (Lipinski definition) is 2. The lowest BCUT2D eigenvalue weighted by atomic mass is 10.2. The summed E-state index contributed by atoms with van der Waals surface area (Å²) in [6.07, 6.45) is 8.85. The molecular formula is C13H25NO. The van der Waals surface area contributed by atoms with Crippen LogP contribution in [0.3, 0.4) is 0 Å². The average Bonchev–Trinajstić information content (AvgIpc) is 3.03. The molecule has 0 aromatic rings. The van der Waals surface area contributed by atoms with Crippen molar-refractivity contribution in [3.63, 3.8) is 0 Å². The zero-order valence-electron chi connectivity index (χ0n) is 10.2. The normalized spacial score (nSPS) is 16.8. The third-order valence-electron chi connectivity index (χ3n) is 3.02. The second-order valence-corrected chi connectivity index (χ2v) is 4.52. The minimum absolute atomic E-state index is 0.656. The van der Waals surface area contributed by atoms with E-state index >= 15 is 0 Å². The van der Waals surface area contributed by atoms with E-state index in [-0.39, 0.29) is 0 Å². The van der Waals surface area contributed by atoms with Crippen LogP contribution in [0.5, 0.6) is 0 Å². The molecule has 0 aliphatic heterocycles. The molecule has 0 unspecified atom stereocenters. The van der Waals surface area contributed by atoms with E-state index in [1.165, 1.54) is 44.1 Å². The zero-order chi connectivity index (χ0) is 11.1. The molecule has 88 valence electrons. The summed E-state index contributed by atoms with van der Waals surface area (Å²) in [5.41, 5.74) is 1.19. The van der Waals surface area contributed by atoms with Crippen LogP contribution in [0.4, 0.5) is 0 Å². The van der Waals surface area contributed by atoms with Gasteiger partial charge in [0.15, 0.2) is 0 Å². The molecule has 0 amide bonds. The molecule has 1 aliphatic carbocycles. The van der Waals surface area contributed by atoms with Crippen LogP contribution in [-0.4, -0.2) is 23.1 Å². The number of nitrogens with zero attached hydrogens (tertiary/aromatic N) is 1. The van der Waals surface area contributed by atoms with Crippen LogP contribution < -0.4 is 0 Å². The summed E-state index contributed by atoms with van der Waals surface area (Å²) in [7, 11) is 0. The second kappa shape index (κ2) is 6.76. The molecule has 15 heavy (non-hydrogen) atoms. The number of unbranched alkanes of at least 4 members (excludes halogenated alkanes) is 2. The molecule has 0 saturated heterocycles. The molecule has 0 bridgehead atoms. The minimum Gasteiger partial charge on any atom is -0.514 e. The number of allylic oxidation sites excluding steroid dienone is 1. The predicted molar refractivity (Wildman–Crippen MR) is 64.8 cm³/mol. The summed E-state index contributed by atoms with van der Waals surface area (Å²) in [4.78, 5) is 2.38. The van der Waals surface area contributed by atoms with Gasteiger partial charge in [0.2, 0.25) is 0 Å². The molecule has 1 fully saturated rings. The number of aliphatic hydroxyl groups excluding tert-OH is 1. The SMILES string of the molecule is CCCCCN(CCC)C(=CO)C1CC1. The van der Waals surface area contributed by atoms with Crippen molar-refractivity contribution in [2.24, 2.45) is 5.92 Å². The van der Waals surface area contributed by atoms with Gasteiger partial charge in [-0.25, -0.2) is 0 Å². The van der Waals surface area contributed by atoms with Crippen LogP contribution in [0.1, 0.15) is 52.4 Å². The molecule has 0 atom stereocenters. The van der Waals surface area contributed by atoms with Crippen LogP contribution in [0.2, 0.25) is 0 Å². The van der Waals surface area contributed by atoms with Gasteiger partial charge in [-0.15, -0.1) is 0 Å². The van der Waals surface area contributed by atoms with E-state index in [0.717, 1.165) is 19.5 Å². The van der Waals surface area contributed by atoms with Crippen molar-refractivity contribution in [1.29, 1.82) is 0 Å². The first-order valence-electron chi connectivity index (χ1n) is 6.42. The lowest BCUT2D eigenvalue weighted by Gasteiger charge is -2.26. The lowest BCUT2D eigenvalue weighted by molar-refractivity contribution is 0.300. The molecule has 0 aromatic carbocycles. The van der Waals surface area contributed by atoms with E-state index in [1.807, 2.05) is 0 Å². The third kappa shape index (κ3) is 4.15. The van der Waals surface area contributed by atoms with Gasteiger partial charge in [0.1, 0.15) is 0 Å². The molecule has 2 nitrogen and oxygen atoms in total. The van der Waals surface area contributed by atoms with Crippen LogP contribution in [0, 0.1) is 5.92 Å². The van der Waals surface area contributed by atoms with Crippen LogP contribution in [0.15, 0.2) is 12.0 Å². The molecular weight excluding hydrogens is 186 g/mol. The highest BCUT2D eigenvalue weighted by Crippen LogP contribution is 2.38. The Labute approximate surface area is 94.0 Å². The first-order chi connectivity index (χ1) is 7.33. The van der Waals surface area contributed by atoms with E-state index in [2.05, 4.69) is 18.7 Å². The first kappa shape index (κ1) is 12.4. The molecule has 1 aliphatic rings. The fraction of sp³-hybridized carbons (Fsp3) is 0.846. The monoisotopic (exact) mass is 211 g/mol. The number of rotatable bonds is 8. The molecule has 0 aromatic heterocycles. The van der Waals surface area contributed by atoms with Crippen molar-refractivity contribution in [1.82, 2.24) is 4.90 Å². The molecule has 2 heteroatoms. The van der Waals surface area contributed by atoms with Crippen LogP contribution >= 0.6 is 0 Å². The van der Waals surface area contributed by atoms with Gasteiger partial charge in [-0.3, -0.25) is 0 Å². The summed E-state index contributed by atoms with van der Waals surface area (Å²) in [5.74, 6) is 0.656. The van der Waals surface area contributed by atoms with Gasteiger partial charge in [0, 0.05) is 19.0 Å². The summed E-state index contributed by atoms with van der Waals surface area (Å²) >= 11 is 0. The van der Waals surface area contributed by atoms with Crippen molar-refractivity contribution in [3.8, 4) is 0 Å². The Morgan fingerprint density at radius 2 is 1.93 bits per heavy atom. The van der Waals surface area contributed by atoms with Crippen LogP contribution in [-0.2, 0) is 0 Å². The number of hydrogen-bond donors (Lipinski definition) is 1. The van der Waals surface area contributed by atoms with E-state index in [0.29, 0.717) is 5.92 Å². The van der Waals surface area contributed by atoms with E-state index in [1.54, 1.807) is 0 Å². The molecule has 0 radical (unpaired) electrons. The standard InChI is InChI=1S/C13H25NO/c1-3-5-6-10-14(9-4-2)13(11-15)12-7-8-12/h11-12,15H,3-10H2,1-2H3. The van der Waals surface area contributed by atoms with Crippen molar-refractivity contribution in [2.75, 3.05) is 13.1 Å². The van der Waals surface area contributed by atoms with E-state index in [9.17, 15) is 5.11 Å². The maximum absolute atomic E-state index is 9.29. The molecule has 1 N–H and O–H groups in total. The van der Waals surface area contributed by atoms with E-state index in [4.69, 9.17) is 0 Å². The van der Waals surface area contributed by atoms with Crippen molar-refractivity contribution in [2.45, 2.75) is 52.4 Å². The smallest absolute Gasteiger partial charge is 0.0985 e. The Kier molecular flexibility index (Phi) is 5.59. The Hall–Kier alpha value is -0.660. The maximum atomic E-state index is 9.29. The molecule has 0 heterocycles. The largest absolute Gasteiger partial charge is 0.514 e. The van der Waals surface area contributed by atoms with Gasteiger partial charge in [-0.1, -0.05) is 26.7 Å². The highest BCUT2D eigenvalue weighted by atomic mass is 16.2. The average molecular weight is 211 g/mol. The Morgan fingerprint density at radius 3 is 2.40 bits per heavy atom. The predicted octanol–water partition coefficient (Wildman–Crippen LogP) is 3.70. The zero-order valence-corrected chi connectivity index (χ0v) is 10.2. The highest BCUT2D eigenvalue weighted by molar-refractivity contribution is 5.08. The second-order valence-electron chi connectivity index (χ2n) is 4.52. The van der Waals surface area contributed by atoms with Gasteiger partial charge in [-0.2, -0.15) is 0 Å². The summed E-state index contributed by atoms with van der Waals surface area (Å²) in [5, 5.41) is 9.29. The fourth-order valence-corrected chi connectivity index (χ4v) is 2.02. The summed E-state index contributed by atoms with van der Waals surface area (Å²) < 4.78 is 0. The summed E-state index contributed by atoms with van der Waals surface area (Å²) in [6.45, 7) is 6.64.